The maximum Gasteiger partial charge on any atom is 0.239 e. The van der Waals surface area contributed by atoms with Crippen molar-refractivity contribution in [2.24, 2.45) is 0 Å². The van der Waals surface area contributed by atoms with Gasteiger partial charge in [-0.15, -0.1) is 11.3 Å². The quantitative estimate of drug-likeness (QED) is 0.850. The lowest BCUT2D eigenvalue weighted by atomic mass is 10.0. The zero-order valence-electron chi connectivity index (χ0n) is 12.5. The lowest BCUT2D eigenvalue weighted by Gasteiger charge is -2.39. The number of pyridine rings is 1. The zero-order chi connectivity index (χ0) is 16.8. The highest BCUT2D eigenvalue weighted by atomic mass is 35.5. The molecule has 1 atom stereocenters. The largest absolute Gasteiger partial charge is 0.344 e. The Balaban J connectivity index is 1.98. The summed E-state index contributed by atoms with van der Waals surface area (Å²) >= 11 is 7.43. The molecular weight excluding hydrogens is 356 g/mol. The summed E-state index contributed by atoms with van der Waals surface area (Å²) in [5.41, 5.74) is 0.0420. The van der Waals surface area contributed by atoms with Crippen LogP contribution in [0.4, 0.5) is 0 Å². The first kappa shape index (κ1) is 16.2. The van der Waals surface area contributed by atoms with Gasteiger partial charge in [0.05, 0.1) is 16.3 Å². The van der Waals surface area contributed by atoms with Crippen molar-refractivity contribution >= 4 is 38.9 Å². The number of sulfonamides is 1. The van der Waals surface area contributed by atoms with Crippen LogP contribution in [0.25, 0.3) is 10.4 Å². The number of guanidine groups is 1. The van der Waals surface area contributed by atoms with Gasteiger partial charge in [0.15, 0.2) is 0 Å². The van der Waals surface area contributed by atoms with Crippen molar-refractivity contribution in [3.8, 4) is 10.4 Å². The molecule has 0 saturated carbocycles. The van der Waals surface area contributed by atoms with Crippen molar-refractivity contribution in [1.29, 1.82) is 5.41 Å². The SMILES string of the molecule is CN1C(=N)N[C@](C)(c2ccc(-c3cncc(Cl)c3)s2)CS1(=O)=O. The molecule has 1 aliphatic heterocycles. The molecule has 0 unspecified atom stereocenters. The van der Waals surface area contributed by atoms with Gasteiger partial charge in [-0.05, 0) is 25.1 Å². The monoisotopic (exact) mass is 370 g/mol. The van der Waals surface area contributed by atoms with E-state index in [0.717, 1.165) is 19.6 Å². The average Bonchev–Trinajstić information content (AvgIpc) is 2.95. The minimum atomic E-state index is -3.51. The van der Waals surface area contributed by atoms with Gasteiger partial charge in [-0.1, -0.05) is 11.6 Å². The fourth-order valence-electron chi connectivity index (χ4n) is 2.45. The zero-order valence-corrected chi connectivity index (χ0v) is 14.9. The summed E-state index contributed by atoms with van der Waals surface area (Å²) in [5.74, 6) is -0.231. The van der Waals surface area contributed by atoms with E-state index in [1.165, 1.54) is 18.4 Å². The van der Waals surface area contributed by atoms with Crippen molar-refractivity contribution in [2.45, 2.75) is 12.5 Å². The van der Waals surface area contributed by atoms with Crippen LogP contribution < -0.4 is 5.32 Å². The van der Waals surface area contributed by atoms with Crippen LogP contribution in [0.3, 0.4) is 0 Å². The third kappa shape index (κ3) is 2.93. The Bertz CT molecular complexity index is 880. The molecule has 2 N–H and O–H groups in total. The summed E-state index contributed by atoms with van der Waals surface area (Å²) in [6.45, 7) is 1.79. The Kier molecular flexibility index (Phi) is 3.86. The first-order valence-corrected chi connectivity index (χ1v) is 9.56. The Labute approximate surface area is 143 Å². The van der Waals surface area contributed by atoms with Gasteiger partial charge in [0.1, 0.15) is 0 Å². The van der Waals surface area contributed by atoms with E-state index in [4.69, 9.17) is 17.0 Å². The van der Waals surface area contributed by atoms with Crippen molar-refractivity contribution < 1.29 is 8.42 Å². The molecule has 1 aliphatic rings. The molecule has 0 spiro atoms. The van der Waals surface area contributed by atoms with Crippen molar-refractivity contribution in [2.75, 3.05) is 12.8 Å². The van der Waals surface area contributed by atoms with Crippen molar-refractivity contribution in [1.82, 2.24) is 14.6 Å². The molecule has 0 aromatic carbocycles. The lowest BCUT2D eigenvalue weighted by Crippen LogP contribution is -2.60. The highest BCUT2D eigenvalue weighted by molar-refractivity contribution is 7.89. The minimum Gasteiger partial charge on any atom is -0.344 e. The molecule has 2 aromatic heterocycles. The van der Waals surface area contributed by atoms with Crippen LogP contribution in [-0.4, -0.2) is 36.5 Å². The molecule has 9 heteroatoms. The van der Waals surface area contributed by atoms with E-state index < -0.39 is 15.6 Å². The Morgan fingerprint density at radius 3 is 2.83 bits per heavy atom. The second-order valence-corrected chi connectivity index (χ2v) is 9.11. The van der Waals surface area contributed by atoms with Gasteiger partial charge in [0, 0.05) is 34.8 Å². The van der Waals surface area contributed by atoms with Crippen molar-refractivity contribution in [3.63, 3.8) is 0 Å². The Morgan fingerprint density at radius 2 is 2.17 bits per heavy atom. The van der Waals surface area contributed by atoms with E-state index in [-0.39, 0.29) is 11.7 Å². The van der Waals surface area contributed by atoms with E-state index in [0.29, 0.717) is 5.02 Å². The summed E-state index contributed by atoms with van der Waals surface area (Å²) in [4.78, 5) is 5.85. The Morgan fingerprint density at radius 1 is 1.43 bits per heavy atom. The first-order chi connectivity index (χ1) is 10.7. The number of rotatable bonds is 2. The van der Waals surface area contributed by atoms with E-state index >= 15 is 0 Å². The highest BCUT2D eigenvalue weighted by Gasteiger charge is 2.42. The van der Waals surface area contributed by atoms with E-state index in [1.54, 1.807) is 19.3 Å². The number of nitrogens with zero attached hydrogens (tertiary/aromatic N) is 2. The summed E-state index contributed by atoms with van der Waals surface area (Å²) in [6.07, 6.45) is 3.28. The summed E-state index contributed by atoms with van der Waals surface area (Å²) in [6, 6.07) is 5.60. The summed E-state index contributed by atoms with van der Waals surface area (Å²) < 4.78 is 25.4. The van der Waals surface area contributed by atoms with Gasteiger partial charge in [-0.3, -0.25) is 10.4 Å². The molecule has 23 heavy (non-hydrogen) atoms. The fourth-order valence-corrected chi connectivity index (χ4v) is 5.27. The predicted octanol–water partition coefficient (Wildman–Crippen LogP) is 2.48. The number of nitrogens with one attached hydrogen (secondary N) is 2. The van der Waals surface area contributed by atoms with Crippen LogP contribution in [0.2, 0.25) is 5.02 Å². The molecule has 2 aromatic rings. The second-order valence-electron chi connectivity index (χ2n) is 5.59. The topological polar surface area (TPSA) is 86.2 Å². The van der Waals surface area contributed by atoms with E-state index in [9.17, 15) is 8.42 Å². The van der Waals surface area contributed by atoms with Gasteiger partial charge in [-0.2, -0.15) is 0 Å². The minimum absolute atomic E-state index is 0.105. The molecule has 0 aliphatic carbocycles. The molecule has 3 heterocycles. The molecule has 1 saturated heterocycles. The third-order valence-corrected chi connectivity index (χ3v) is 7.30. The molecule has 0 bridgehead atoms. The molecule has 0 radical (unpaired) electrons. The van der Waals surface area contributed by atoms with Crippen LogP contribution in [0.1, 0.15) is 11.8 Å². The molecule has 1 fully saturated rings. The smallest absolute Gasteiger partial charge is 0.239 e. The maximum atomic E-state index is 12.2. The lowest BCUT2D eigenvalue weighted by molar-refractivity contribution is 0.424. The van der Waals surface area contributed by atoms with Crippen LogP contribution in [-0.2, 0) is 15.6 Å². The number of thiophene rings is 1. The van der Waals surface area contributed by atoms with Gasteiger partial charge in [0.2, 0.25) is 16.0 Å². The van der Waals surface area contributed by atoms with Crippen LogP contribution in [0, 0.1) is 5.41 Å². The molecular formula is C14H15ClN4O2S2. The summed E-state index contributed by atoms with van der Waals surface area (Å²) in [7, 11) is -2.13. The maximum absolute atomic E-state index is 12.2. The number of hydrogen-bond acceptors (Lipinski definition) is 5. The standard InChI is InChI=1S/C14H15ClN4O2S2/c1-14(8-23(20,21)19(2)13(16)18-14)12-4-3-11(22-12)9-5-10(15)7-17-6-9/h3-7H,8H2,1-2H3,(H2,16,18)/t14-/m0/s1. The van der Waals surface area contributed by atoms with Crippen LogP contribution >= 0.6 is 22.9 Å². The second kappa shape index (κ2) is 5.47. The third-order valence-electron chi connectivity index (χ3n) is 3.74. The predicted molar refractivity (Wildman–Crippen MR) is 92.3 cm³/mol. The fraction of sp³-hybridized carbons (Fsp3) is 0.286. The van der Waals surface area contributed by atoms with E-state index in [1.807, 2.05) is 18.2 Å². The van der Waals surface area contributed by atoms with Gasteiger partial charge in [0.25, 0.3) is 0 Å². The summed E-state index contributed by atoms with van der Waals surface area (Å²) in [5, 5.41) is 11.4. The van der Waals surface area contributed by atoms with Crippen LogP contribution in [0.5, 0.6) is 0 Å². The average molecular weight is 371 g/mol. The molecule has 6 nitrogen and oxygen atoms in total. The van der Waals surface area contributed by atoms with Gasteiger partial charge >= 0.3 is 0 Å². The number of hydrogen-bond donors (Lipinski definition) is 2. The first-order valence-electron chi connectivity index (χ1n) is 6.76. The normalized spacial score (nSPS) is 23.6. The molecule has 0 amide bonds. The number of aromatic nitrogens is 1. The van der Waals surface area contributed by atoms with Gasteiger partial charge < -0.3 is 5.32 Å². The molecule has 122 valence electrons. The highest BCUT2D eigenvalue weighted by Crippen LogP contribution is 2.37. The van der Waals surface area contributed by atoms with E-state index in [2.05, 4.69) is 10.3 Å². The Hall–Kier alpha value is -1.64. The van der Waals surface area contributed by atoms with Gasteiger partial charge in [-0.25, -0.2) is 12.7 Å². The number of halogens is 1. The van der Waals surface area contributed by atoms with Crippen molar-refractivity contribution in [3.05, 3.63) is 40.5 Å². The van der Waals surface area contributed by atoms with Crippen LogP contribution in [0.15, 0.2) is 30.6 Å². The molecule has 3 rings (SSSR count).